The predicted octanol–water partition coefficient (Wildman–Crippen LogP) is 1.20. The molecule has 1 unspecified atom stereocenters. The Kier molecular flexibility index (Phi) is 3.65. The zero-order valence-electron chi connectivity index (χ0n) is 9.32. The molecule has 0 bridgehead atoms. The number of thioether (sulfide) groups is 1. The largest absolute Gasteiger partial charge is 0.480 e. The standard InChI is InChI=1S/C10H17NO3S/c1-10(2,9(13)14)11(3)8(12)7-5-4-6-15-7/h7H,4-6H2,1-3H3,(H,13,14). The van der Waals surface area contributed by atoms with Gasteiger partial charge in [0.15, 0.2) is 0 Å². The maximum Gasteiger partial charge on any atom is 0.329 e. The van der Waals surface area contributed by atoms with Gasteiger partial charge in [-0.25, -0.2) is 4.79 Å². The van der Waals surface area contributed by atoms with Crippen molar-refractivity contribution in [1.82, 2.24) is 4.90 Å². The molecule has 1 aliphatic heterocycles. The van der Waals surface area contributed by atoms with Crippen LogP contribution in [0.5, 0.6) is 0 Å². The minimum absolute atomic E-state index is 0.0476. The second kappa shape index (κ2) is 4.43. The molecule has 0 aromatic rings. The highest BCUT2D eigenvalue weighted by atomic mass is 32.2. The summed E-state index contributed by atoms with van der Waals surface area (Å²) in [7, 11) is 1.56. The first kappa shape index (κ1) is 12.4. The number of nitrogens with zero attached hydrogens (tertiary/aromatic N) is 1. The number of rotatable bonds is 3. The molecule has 1 amide bonds. The number of carbonyl (C=O) groups excluding carboxylic acids is 1. The SMILES string of the molecule is CN(C(=O)C1CCCS1)C(C)(C)C(=O)O. The Hall–Kier alpha value is -0.710. The fourth-order valence-corrected chi connectivity index (χ4v) is 2.66. The summed E-state index contributed by atoms with van der Waals surface area (Å²) in [5.41, 5.74) is -1.12. The Morgan fingerprint density at radius 2 is 2.07 bits per heavy atom. The molecule has 5 heteroatoms. The van der Waals surface area contributed by atoms with Crippen molar-refractivity contribution in [2.45, 2.75) is 37.5 Å². The number of aliphatic carboxylic acids is 1. The van der Waals surface area contributed by atoms with Gasteiger partial charge in [-0.15, -0.1) is 11.8 Å². The lowest BCUT2D eigenvalue weighted by Crippen LogP contribution is -2.52. The fraction of sp³-hybridized carbons (Fsp3) is 0.800. The zero-order valence-corrected chi connectivity index (χ0v) is 10.1. The van der Waals surface area contributed by atoms with Gasteiger partial charge in [0.1, 0.15) is 5.54 Å². The molecule has 0 saturated carbocycles. The van der Waals surface area contributed by atoms with E-state index in [0.29, 0.717) is 0 Å². The molecule has 1 saturated heterocycles. The van der Waals surface area contributed by atoms with Crippen LogP contribution in [-0.4, -0.2) is 45.5 Å². The van der Waals surface area contributed by atoms with Gasteiger partial charge < -0.3 is 10.0 Å². The monoisotopic (exact) mass is 231 g/mol. The molecule has 15 heavy (non-hydrogen) atoms. The Morgan fingerprint density at radius 1 is 1.47 bits per heavy atom. The number of hydrogen-bond acceptors (Lipinski definition) is 3. The summed E-state index contributed by atoms with van der Waals surface area (Å²) < 4.78 is 0. The van der Waals surface area contributed by atoms with Gasteiger partial charge in [0.2, 0.25) is 5.91 Å². The van der Waals surface area contributed by atoms with Crippen LogP contribution in [0.25, 0.3) is 0 Å². The summed E-state index contributed by atoms with van der Waals surface area (Å²) in [4.78, 5) is 24.3. The molecule has 1 heterocycles. The lowest BCUT2D eigenvalue weighted by Gasteiger charge is -2.33. The lowest BCUT2D eigenvalue weighted by molar-refractivity contribution is -0.155. The van der Waals surface area contributed by atoms with Gasteiger partial charge in [0, 0.05) is 7.05 Å². The maximum absolute atomic E-state index is 11.9. The van der Waals surface area contributed by atoms with E-state index in [4.69, 9.17) is 5.11 Å². The highest BCUT2D eigenvalue weighted by Gasteiger charge is 2.38. The molecule has 1 N–H and O–H groups in total. The highest BCUT2D eigenvalue weighted by Crippen LogP contribution is 2.29. The lowest BCUT2D eigenvalue weighted by atomic mass is 10.0. The third-order valence-corrected chi connectivity index (χ3v) is 4.26. The van der Waals surface area contributed by atoms with Gasteiger partial charge in [-0.2, -0.15) is 0 Å². The van der Waals surface area contributed by atoms with E-state index >= 15 is 0 Å². The number of carbonyl (C=O) groups is 2. The van der Waals surface area contributed by atoms with Crippen LogP contribution in [0.4, 0.5) is 0 Å². The summed E-state index contributed by atoms with van der Waals surface area (Å²) in [6.45, 7) is 3.10. The van der Waals surface area contributed by atoms with Gasteiger partial charge in [-0.1, -0.05) is 0 Å². The van der Waals surface area contributed by atoms with Gasteiger partial charge in [-0.3, -0.25) is 4.79 Å². The first-order valence-corrected chi connectivity index (χ1v) is 6.05. The molecule has 0 spiro atoms. The van der Waals surface area contributed by atoms with Crippen LogP contribution in [0.15, 0.2) is 0 Å². The molecular formula is C10H17NO3S. The Balaban J connectivity index is 2.70. The average Bonchev–Trinajstić information content (AvgIpc) is 2.67. The van der Waals surface area contributed by atoms with Crippen LogP contribution in [-0.2, 0) is 9.59 Å². The van der Waals surface area contributed by atoms with E-state index in [-0.39, 0.29) is 11.2 Å². The number of carboxylic acid groups (broad SMARTS) is 1. The minimum Gasteiger partial charge on any atom is -0.480 e. The Morgan fingerprint density at radius 3 is 2.47 bits per heavy atom. The van der Waals surface area contributed by atoms with Crippen molar-refractivity contribution >= 4 is 23.6 Å². The summed E-state index contributed by atoms with van der Waals surface area (Å²) in [6, 6.07) is 0. The molecule has 0 radical (unpaired) electrons. The summed E-state index contributed by atoms with van der Waals surface area (Å²) in [5, 5.41) is 8.96. The van der Waals surface area contributed by atoms with E-state index in [1.54, 1.807) is 32.7 Å². The third kappa shape index (κ3) is 2.45. The smallest absolute Gasteiger partial charge is 0.329 e. The zero-order chi connectivity index (χ0) is 11.6. The quantitative estimate of drug-likeness (QED) is 0.793. The molecule has 0 aliphatic carbocycles. The second-order valence-electron chi connectivity index (χ2n) is 4.26. The van der Waals surface area contributed by atoms with Crippen molar-refractivity contribution in [2.75, 3.05) is 12.8 Å². The van der Waals surface area contributed by atoms with Gasteiger partial charge in [0.25, 0.3) is 0 Å². The normalized spacial score (nSPS) is 21.4. The van der Waals surface area contributed by atoms with Crippen LogP contribution >= 0.6 is 11.8 Å². The topological polar surface area (TPSA) is 57.6 Å². The van der Waals surface area contributed by atoms with Crippen LogP contribution in [0.1, 0.15) is 26.7 Å². The predicted molar refractivity (Wildman–Crippen MR) is 60.0 cm³/mol. The van der Waals surface area contributed by atoms with Crippen LogP contribution < -0.4 is 0 Å². The van der Waals surface area contributed by atoms with Crippen LogP contribution in [0.3, 0.4) is 0 Å². The van der Waals surface area contributed by atoms with E-state index in [9.17, 15) is 9.59 Å². The van der Waals surface area contributed by atoms with Crippen molar-refractivity contribution in [1.29, 1.82) is 0 Å². The van der Waals surface area contributed by atoms with Crippen LogP contribution in [0, 0.1) is 0 Å². The van der Waals surface area contributed by atoms with E-state index in [1.165, 1.54) is 4.90 Å². The second-order valence-corrected chi connectivity index (χ2v) is 5.57. The molecule has 1 rings (SSSR count). The Labute approximate surface area is 94.0 Å². The average molecular weight is 231 g/mol. The molecule has 4 nitrogen and oxygen atoms in total. The van der Waals surface area contributed by atoms with E-state index in [0.717, 1.165) is 18.6 Å². The minimum atomic E-state index is -1.12. The molecular weight excluding hydrogens is 214 g/mol. The van der Waals surface area contributed by atoms with Crippen molar-refractivity contribution in [2.24, 2.45) is 0 Å². The van der Waals surface area contributed by atoms with Gasteiger partial charge >= 0.3 is 5.97 Å². The van der Waals surface area contributed by atoms with E-state index in [2.05, 4.69) is 0 Å². The van der Waals surface area contributed by atoms with E-state index < -0.39 is 11.5 Å². The third-order valence-electron chi connectivity index (χ3n) is 2.90. The van der Waals surface area contributed by atoms with Crippen molar-refractivity contribution in [3.8, 4) is 0 Å². The van der Waals surface area contributed by atoms with Crippen molar-refractivity contribution in [3.05, 3.63) is 0 Å². The van der Waals surface area contributed by atoms with Gasteiger partial charge in [-0.05, 0) is 32.4 Å². The van der Waals surface area contributed by atoms with Crippen molar-refractivity contribution in [3.63, 3.8) is 0 Å². The summed E-state index contributed by atoms with van der Waals surface area (Å²) in [6.07, 6.45) is 1.91. The highest BCUT2D eigenvalue weighted by molar-refractivity contribution is 8.00. The summed E-state index contributed by atoms with van der Waals surface area (Å²) in [5.74, 6) is -0.0381. The van der Waals surface area contributed by atoms with Gasteiger partial charge in [0.05, 0.1) is 5.25 Å². The number of amides is 1. The van der Waals surface area contributed by atoms with Crippen molar-refractivity contribution < 1.29 is 14.7 Å². The molecule has 0 aromatic carbocycles. The first-order chi connectivity index (χ1) is 6.87. The summed E-state index contributed by atoms with van der Waals surface area (Å²) >= 11 is 1.62. The molecule has 1 aliphatic rings. The molecule has 1 atom stereocenters. The molecule has 86 valence electrons. The first-order valence-electron chi connectivity index (χ1n) is 5.00. The molecule has 0 aromatic heterocycles. The molecule has 1 fully saturated rings. The van der Waals surface area contributed by atoms with E-state index in [1.807, 2.05) is 0 Å². The number of hydrogen-bond donors (Lipinski definition) is 1. The fourth-order valence-electron chi connectivity index (χ4n) is 1.41. The maximum atomic E-state index is 11.9. The number of likely N-dealkylation sites (N-methyl/N-ethyl adjacent to an activating group) is 1. The Bertz CT molecular complexity index is 272. The number of carboxylic acids is 1. The van der Waals surface area contributed by atoms with Crippen LogP contribution in [0.2, 0.25) is 0 Å².